The van der Waals surface area contributed by atoms with Gasteiger partial charge in [0.25, 0.3) is 0 Å². The van der Waals surface area contributed by atoms with Crippen molar-refractivity contribution >= 4 is 45.4 Å². The van der Waals surface area contributed by atoms with Crippen molar-refractivity contribution in [2.24, 2.45) is 0 Å². The Labute approximate surface area is 269 Å². The summed E-state index contributed by atoms with van der Waals surface area (Å²) in [7, 11) is 2.01. The predicted molar refractivity (Wildman–Crippen MR) is 184 cm³/mol. The maximum Gasteiger partial charge on any atom is 0.340 e. The van der Waals surface area contributed by atoms with Gasteiger partial charge >= 0.3 is 5.97 Å². The van der Waals surface area contributed by atoms with Gasteiger partial charge in [-0.15, -0.1) is 0 Å². The van der Waals surface area contributed by atoms with E-state index < -0.39 is 5.60 Å². The van der Waals surface area contributed by atoms with E-state index >= 15 is 0 Å². The first kappa shape index (κ1) is 29.2. The summed E-state index contributed by atoms with van der Waals surface area (Å²) < 4.78 is 13.3. The Morgan fingerprint density at radius 1 is 0.756 bits per heavy atom. The SMILES string of the molecule is CCCCN(CCCC)c1ccc2c(c1)Oc1ccc3cc(N(C)c4ccccc4Cl)ccc3c1C21OC(=O)c2ccccc21. The van der Waals surface area contributed by atoms with E-state index in [1.165, 1.54) is 0 Å². The Morgan fingerprint density at radius 2 is 1.49 bits per heavy atom. The molecule has 1 atom stereocenters. The zero-order chi connectivity index (χ0) is 31.1. The minimum Gasteiger partial charge on any atom is -0.456 e. The number of fused-ring (bicyclic) bond motifs is 8. The van der Waals surface area contributed by atoms with Crippen LogP contribution in [0.1, 0.15) is 66.6 Å². The van der Waals surface area contributed by atoms with Gasteiger partial charge in [0.05, 0.1) is 21.8 Å². The number of rotatable bonds is 9. The Hall–Kier alpha value is -4.48. The number of hydrogen-bond acceptors (Lipinski definition) is 5. The first-order valence-corrected chi connectivity index (χ1v) is 16.3. The maximum absolute atomic E-state index is 13.5. The van der Waals surface area contributed by atoms with Gasteiger partial charge in [-0.1, -0.05) is 80.8 Å². The summed E-state index contributed by atoms with van der Waals surface area (Å²) >= 11 is 6.54. The van der Waals surface area contributed by atoms with Crippen LogP contribution in [0, 0.1) is 0 Å². The standard InChI is InChI=1S/C39H37ClN2O3/c1-4-6-22-42(23-7-5-2)28-18-20-32-36(25-28)44-35-21-16-26-24-27(41(3)34-15-11-10-14-33(34)40)17-19-29(26)37(35)39(32)31-13-9-8-12-30(31)38(43)45-39/h8-21,24-25H,4-7,22-23H2,1-3H3. The summed E-state index contributed by atoms with van der Waals surface area (Å²) in [6, 6.07) is 32.4. The van der Waals surface area contributed by atoms with Crippen molar-refractivity contribution in [2.45, 2.75) is 45.1 Å². The van der Waals surface area contributed by atoms with Crippen LogP contribution < -0.4 is 14.5 Å². The van der Waals surface area contributed by atoms with Crippen LogP contribution in [0.5, 0.6) is 11.5 Å². The molecular formula is C39H37ClN2O3. The second kappa shape index (κ2) is 11.8. The monoisotopic (exact) mass is 616 g/mol. The van der Waals surface area contributed by atoms with E-state index in [0.29, 0.717) is 16.3 Å². The molecule has 2 aliphatic heterocycles. The van der Waals surface area contributed by atoms with Crippen LogP contribution >= 0.6 is 11.6 Å². The molecule has 45 heavy (non-hydrogen) atoms. The van der Waals surface area contributed by atoms with Gasteiger partial charge in [0, 0.05) is 48.7 Å². The number of hydrogen-bond donors (Lipinski definition) is 0. The molecular weight excluding hydrogens is 580 g/mol. The third kappa shape index (κ3) is 4.81. The molecule has 0 aromatic heterocycles. The summed E-state index contributed by atoms with van der Waals surface area (Å²) in [5.74, 6) is 1.09. The topological polar surface area (TPSA) is 42.0 Å². The third-order valence-corrected chi connectivity index (χ3v) is 9.50. The molecule has 2 heterocycles. The molecule has 0 saturated carbocycles. The molecule has 5 aromatic carbocycles. The molecule has 7 rings (SSSR count). The first-order valence-electron chi connectivity index (χ1n) is 15.9. The Bertz CT molecular complexity index is 1910. The molecule has 0 radical (unpaired) electrons. The van der Waals surface area contributed by atoms with E-state index in [-0.39, 0.29) is 5.97 Å². The average Bonchev–Trinajstić information content (AvgIpc) is 3.36. The molecule has 0 bridgehead atoms. The highest BCUT2D eigenvalue weighted by molar-refractivity contribution is 6.33. The third-order valence-electron chi connectivity index (χ3n) is 9.18. The van der Waals surface area contributed by atoms with Crippen molar-refractivity contribution in [1.29, 1.82) is 0 Å². The van der Waals surface area contributed by atoms with E-state index in [1.54, 1.807) is 0 Å². The molecule has 0 aliphatic carbocycles. The summed E-state index contributed by atoms with van der Waals surface area (Å²) in [6.45, 7) is 6.43. The van der Waals surface area contributed by atoms with Gasteiger partial charge in [-0.25, -0.2) is 4.79 Å². The zero-order valence-electron chi connectivity index (χ0n) is 26.0. The van der Waals surface area contributed by atoms with E-state index in [4.69, 9.17) is 21.1 Å². The zero-order valence-corrected chi connectivity index (χ0v) is 26.7. The lowest BCUT2D eigenvalue weighted by atomic mass is 9.76. The number of carbonyl (C=O) groups is 1. The minimum atomic E-state index is -1.14. The van der Waals surface area contributed by atoms with Crippen molar-refractivity contribution < 1.29 is 14.3 Å². The predicted octanol–water partition coefficient (Wildman–Crippen LogP) is 10.2. The fraction of sp³-hybridized carbons (Fsp3) is 0.256. The second-order valence-corrected chi connectivity index (χ2v) is 12.4. The minimum absolute atomic E-state index is 0.326. The van der Waals surface area contributed by atoms with Crippen molar-refractivity contribution in [1.82, 2.24) is 0 Å². The lowest BCUT2D eigenvalue weighted by molar-refractivity contribution is 0.0229. The highest BCUT2D eigenvalue weighted by atomic mass is 35.5. The molecule has 2 aliphatic rings. The Balaban J connectivity index is 1.40. The first-order chi connectivity index (χ1) is 22.0. The van der Waals surface area contributed by atoms with Gasteiger partial charge in [-0.2, -0.15) is 0 Å². The van der Waals surface area contributed by atoms with Crippen LogP contribution in [-0.2, 0) is 10.3 Å². The van der Waals surface area contributed by atoms with Crippen LogP contribution in [0.3, 0.4) is 0 Å². The number of nitrogens with zero attached hydrogens (tertiary/aromatic N) is 2. The van der Waals surface area contributed by atoms with Gasteiger partial charge < -0.3 is 19.3 Å². The van der Waals surface area contributed by atoms with Crippen molar-refractivity contribution in [3.8, 4) is 11.5 Å². The number of para-hydroxylation sites is 1. The number of unbranched alkanes of at least 4 members (excludes halogenated alkanes) is 2. The fourth-order valence-electron chi connectivity index (χ4n) is 6.82. The van der Waals surface area contributed by atoms with Crippen LogP contribution in [0.15, 0.2) is 97.1 Å². The van der Waals surface area contributed by atoms with E-state index in [1.807, 2.05) is 61.6 Å². The highest BCUT2D eigenvalue weighted by Crippen LogP contribution is 2.58. The molecule has 0 saturated heterocycles. The lowest BCUT2D eigenvalue weighted by Crippen LogP contribution is -2.33. The smallest absolute Gasteiger partial charge is 0.340 e. The van der Waals surface area contributed by atoms with Gasteiger partial charge in [-0.3, -0.25) is 0 Å². The molecule has 0 N–H and O–H groups in total. The van der Waals surface area contributed by atoms with Gasteiger partial charge in [0.1, 0.15) is 11.5 Å². The van der Waals surface area contributed by atoms with Crippen LogP contribution in [0.4, 0.5) is 17.1 Å². The molecule has 0 amide bonds. The summed E-state index contributed by atoms with van der Waals surface area (Å²) in [4.78, 5) is 18.1. The molecule has 1 unspecified atom stereocenters. The quantitative estimate of drug-likeness (QED) is 0.154. The van der Waals surface area contributed by atoms with Crippen molar-refractivity contribution in [2.75, 3.05) is 29.9 Å². The molecule has 5 nitrogen and oxygen atoms in total. The maximum atomic E-state index is 13.5. The lowest BCUT2D eigenvalue weighted by Gasteiger charge is -2.38. The number of halogens is 1. The number of benzene rings is 5. The number of carbonyl (C=O) groups excluding carboxylic acids is 1. The van der Waals surface area contributed by atoms with E-state index in [2.05, 4.69) is 66.1 Å². The Morgan fingerprint density at radius 3 is 2.27 bits per heavy atom. The fourth-order valence-corrected chi connectivity index (χ4v) is 7.09. The number of ether oxygens (including phenoxy) is 2. The molecule has 6 heteroatoms. The molecule has 1 spiro atoms. The average molecular weight is 617 g/mol. The molecule has 5 aromatic rings. The second-order valence-electron chi connectivity index (χ2n) is 11.9. The molecule has 0 fully saturated rings. The van der Waals surface area contributed by atoms with Crippen molar-refractivity contribution in [3.63, 3.8) is 0 Å². The summed E-state index contributed by atoms with van der Waals surface area (Å²) in [5, 5.41) is 2.67. The summed E-state index contributed by atoms with van der Waals surface area (Å²) in [5.41, 5.74) is 5.02. The van der Waals surface area contributed by atoms with Gasteiger partial charge in [-0.05, 0) is 72.1 Å². The number of esters is 1. The largest absolute Gasteiger partial charge is 0.456 e. The van der Waals surface area contributed by atoms with Crippen LogP contribution in [-0.4, -0.2) is 26.1 Å². The van der Waals surface area contributed by atoms with Crippen LogP contribution in [0.2, 0.25) is 5.02 Å². The van der Waals surface area contributed by atoms with Gasteiger partial charge in [0.15, 0.2) is 5.60 Å². The van der Waals surface area contributed by atoms with Gasteiger partial charge in [0.2, 0.25) is 0 Å². The highest BCUT2D eigenvalue weighted by Gasteiger charge is 2.54. The van der Waals surface area contributed by atoms with E-state index in [0.717, 1.165) is 89.0 Å². The summed E-state index contributed by atoms with van der Waals surface area (Å²) in [6.07, 6.45) is 4.52. The van der Waals surface area contributed by atoms with Crippen LogP contribution in [0.25, 0.3) is 10.8 Å². The Kier molecular flexibility index (Phi) is 7.66. The van der Waals surface area contributed by atoms with Crippen molar-refractivity contribution in [3.05, 3.63) is 124 Å². The normalized spacial score (nSPS) is 16.1. The molecule has 228 valence electrons. The van der Waals surface area contributed by atoms with E-state index in [9.17, 15) is 4.79 Å². The number of anilines is 3.